The summed E-state index contributed by atoms with van der Waals surface area (Å²) in [7, 11) is 3.22. The number of carbonyl (C=O) groups is 1. The van der Waals surface area contributed by atoms with E-state index in [2.05, 4.69) is 6.07 Å². The summed E-state index contributed by atoms with van der Waals surface area (Å²) in [5.41, 5.74) is 5.63. The van der Waals surface area contributed by atoms with Gasteiger partial charge in [-0.3, -0.25) is 4.79 Å². The number of nitrogens with zero attached hydrogens (tertiary/aromatic N) is 1. The van der Waals surface area contributed by atoms with Crippen molar-refractivity contribution in [2.24, 2.45) is 5.73 Å². The van der Waals surface area contributed by atoms with Crippen molar-refractivity contribution in [2.45, 2.75) is 11.3 Å². The average Bonchev–Trinajstić information content (AvgIpc) is 2.25. The molecule has 0 bridgehead atoms. The molecule has 0 aliphatic rings. The zero-order valence-corrected chi connectivity index (χ0v) is 9.61. The predicted octanol–water partition coefficient (Wildman–Crippen LogP) is 2.44. The molecular formula is C10H10N2OS2. The fourth-order valence-electron chi connectivity index (χ4n) is 0.872. The van der Waals surface area contributed by atoms with Crippen molar-refractivity contribution in [2.75, 3.05) is 5.75 Å². The Kier molecular flexibility index (Phi) is 5.08. The zero-order valence-electron chi connectivity index (χ0n) is 7.97. The number of hydrogen-bond donors (Lipinski definition) is 1. The standard InChI is InChI=1S/C10H10N2OS2/c11-6-1-7-14-15-9-4-2-8(3-5-9)10(12)13/h2-5H,1,7H2,(H2,12,13). The van der Waals surface area contributed by atoms with Gasteiger partial charge in [-0.1, -0.05) is 21.6 Å². The van der Waals surface area contributed by atoms with E-state index in [1.165, 1.54) is 0 Å². The lowest BCUT2D eigenvalue weighted by Crippen LogP contribution is -2.10. The second-order valence-corrected chi connectivity index (χ2v) is 5.19. The Morgan fingerprint density at radius 1 is 1.40 bits per heavy atom. The Labute approximate surface area is 96.4 Å². The third-order valence-electron chi connectivity index (χ3n) is 1.59. The third kappa shape index (κ3) is 4.28. The second-order valence-electron chi connectivity index (χ2n) is 2.70. The van der Waals surface area contributed by atoms with E-state index in [9.17, 15) is 4.79 Å². The van der Waals surface area contributed by atoms with Crippen LogP contribution in [0.3, 0.4) is 0 Å². The molecule has 1 aromatic carbocycles. The van der Waals surface area contributed by atoms with Gasteiger partial charge in [0.2, 0.25) is 5.91 Å². The van der Waals surface area contributed by atoms with E-state index >= 15 is 0 Å². The molecule has 0 unspecified atom stereocenters. The lowest BCUT2D eigenvalue weighted by Gasteiger charge is -2.00. The summed E-state index contributed by atoms with van der Waals surface area (Å²) < 4.78 is 0. The number of hydrogen-bond acceptors (Lipinski definition) is 4. The summed E-state index contributed by atoms with van der Waals surface area (Å²) in [5, 5.41) is 8.34. The summed E-state index contributed by atoms with van der Waals surface area (Å²) in [6.07, 6.45) is 0.553. The van der Waals surface area contributed by atoms with Gasteiger partial charge in [0, 0.05) is 22.6 Å². The highest BCUT2D eigenvalue weighted by Gasteiger charge is 2.00. The van der Waals surface area contributed by atoms with E-state index in [4.69, 9.17) is 11.0 Å². The van der Waals surface area contributed by atoms with Gasteiger partial charge in [0.25, 0.3) is 0 Å². The zero-order chi connectivity index (χ0) is 11.1. The Balaban J connectivity index is 2.43. The quantitative estimate of drug-likeness (QED) is 0.632. The molecule has 1 aromatic rings. The van der Waals surface area contributed by atoms with Crippen molar-refractivity contribution >= 4 is 27.5 Å². The Hall–Kier alpha value is -1.12. The topological polar surface area (TPSA) is 66.9 Å². The molecule has 78 valence electrons. The highest BCUT2D eigenvalue weighted by Crippen LogP contribution is 2.31. The second kappa shape index (κ2) is 6.38. The van der Waals surface area contributed by atoms with Crippen molar-refractivity contribution in [3.63, 3.8) is 0 Å². The molecule has 2 N–H and O–H groups in total. The molecule has 1 rings (SSSR count). The van der Waals surface area contributed by atoms with E-state index in [-0.39, 0.29) is 0 Å². The van der Waals surface area contributed by atoms with Crippen LogP contribution in [-0.4, -0.2) is 11.7 Å². The molecule has 0 aliphatic heterocycles. The number of rotatable bonds is 5. The van der Waals surface area contributed by atoms with Crippen molar-refractivity contribution in [3.05, 3.63) is 29.8 Å². The van der Waals surface area contributed by atoms with Crippen LogP contribution < -0.4 is 5.73 Å². The number of primary amides is 1. The molecule has 5 heteroatoms. The first-order valence-electron chi connectivity index (χ1n) is 4.30. The summed E-state index contributed by atoms with van der Waals surface area (Å²) >= 11 is 0. The van der Waals surface area contributed by atoms with E-state index < -0.39 is 5.91 Å². The van der Waals surface area contributed by atoms with Crippen LogP contribution in [0.25, 0.3) is 0 Å². The summed E-state index contributed by atoms with van der Waals surface area (Å²) in [5.74, 6) is 0.391. The molecule has 0 fully saturated rings. The largest absolute Gasteiger partial charge is 0.366 e. The summed E-state index contributed by atoms with van der Waals surface area (Å²) in [6, 6.07) is 9.19. The van der Waals surface area contributed by atoms with Gasteiger partial charge in [-0.25, -0.2) is 0 Å². The maximum atomic E-state index is 10.8. The monoisotopic (exact) mass is 238 g/mol. The minimum Gasteiger partial charge on any atom is -0.366 e. The lowest BCUT2D eigenvalue weighted by molar-refractivity contribution is 0.100. The summed E-state index contributed by atoms with van der Waals surface area (Å²) in [6.45, 7) is 0. The van der Waals surface area contributed by atoms with Crippen LogP contribution in [0.2, 0.25) is 0 Å². The minimum atomic E-state index is -0.413. The Morgan fingerprint density at radius 2 is 2.07 bits per heavy atom. The fourth-order valence-corrected chi connectivity index (χ4v) is 2.75. The van der Waals surface area contributed by atoms with Gasteiger partial charge < -0.3 is 5.73 Å². The molecule has 0 saturated heterocycles. The fraction of sp³-hybridized carbons (Fsp3) is 0.200. The molecule has 3 nitrogen and oxygen atoms in total. The molecule has 0 aromatic heterocycles. The Bertz CT molecular complexity index is 370. The minimum absolute atomic E-state index is 0.413. The molecule has 1 amide bonds. The molecule has 0 atom stereocenters. The Morgan fingerprint density at radius 3 is 2.60 bits per heavy atom. The van der Waals surface area contributed by atoms with Crippen molar-refractivity contribution < 1.29 is 4.79 Å². The highest BCUT2D eigenvalue weighted by atomic mass is 33.1. The van der Waals surface area contributed by atoms with Gasteiger partial charge in [0.1, 0.15) is 0 Å². The van der Waals surface area contributed by atoms with Crippen LogP contribution in [0.4, 0.5) is 0 Å². The van der Waals surface area contributed by atoms with Crippen molar-refractivity contribution in [3.8, 4) is 6.07 Å². The van der Waals surface area contributed by atoms with Crippen LogP contribution in [-0.2, 0) is 0 Å². The molecule has 0 radical (unpaired) electrons. The third-order valence-corrected chi connectivity index (χ3v) is 3.98. The van der Waals surface area contributed by atoms with Gasteiger partial charge in [0.05, 0.1) is 6.07 Å². The van der Waals surface area contributed by atoms with Gasteiger partial charge >= 0.3 is 0 Å². The van der Waals surface area contributed by atoms with E-state index in [1.54, 1.807) is 33.7 Å². The number of nitrogens with two attached hydrogens (primary N) is 1. The van der Waals surface area contributed by atoms with Gasteiger partial charge in [0.15, 0.2) is 0 Å². The average molecular weight is 238 g/mol. The van der Waals surface area contributed by atoms with Gasteiger partial charge in [-0.2, -0.15) is 5.26 Å². The van der Waals surface area contributed by atoms with Crippen molar-refractivity contribution in [1.82, 2.24) is 0 Å². The summed E-state index contributed by atoms with van der Waals surface area (Å²) in [4.78, 5) is 11.8. The number of amides is 1. The first kappa shape index (κ1) is 12.0. The molecular weight excluding hydrogens is 228 g/mol. The molecule has 0 aliphatic carbocycles. The highest BCUT2D eigenvalue weighted by molar-refractivity contribution is 8.76. The van der Waals surface area contributed by atoms with Crippen LogP contribution in [0, 0.1) is 11.3 Å². The van der Waals surface area contributed by atoms with Gasteiger partial charge in [-0.15, -0.1) is 0 Å². The normalized spacial score (nSPS) is 9.53. The van der Waals surface area contributed by atoms with Crippen LogP contribution in [0.15, 0.2) is 29.2 Å². The number of benzene rings is 1. The van der Waals surface area contributed by atoms with Crippen LogP contribution >= 0.6 is 21.6 Å². The SMILES string of the molecule is N#CCCSSc1ccc(C(N)=O)cc1. The molecule has 0 heterocycles. The van der Waals surface area contributed by atoms with E-state index in [1.807, 2.05) is 12.1 Å². The lowest BCUT2D eigenvalue weighted by atomic mass is 10.2. The number of carbonyl (C=O) groups excluding carboxylic acids is 1. The van der Waals surface area contributed by atoms with Crippen molar-refractivity contribution in [1.29, 1.82) is 5.26 Å². The molecule has 0 spiro atoms. The van der Waals surface area contributed by atoms with E-state index in [0.717, 1.165) is 10.6 Å². The molecule has 0 saturated carbocycles. The van der Waals surface area contributed by atoms with Gasteiger partial charge in [-0.05, 0) is 24.3 Å². The maximum absolute atomic E-state index is 10.8. The first-order valence-corrected chi connectivity index (χ1v) is 6.62. The predicted molar refractivity (Wildman–Crippen MR) is 63.5 cm³/mol. The first-order chi connectivity index (χ1) is 7.24. The smallest absolute Gasteiger partial charge is 0.248 e. The van der Waals surface area contributed by atoms with E-state index in [0.29, 0.717) is 12.0 Å². The molecule has 15 heavy (non-hydrogen) atoms. The van der Waals surface area contributed by atoms with Crippen LogP contribution in [0.5, 0.6) is 0 Å². The van der Waals surface area contributed by atoms with Crippen LogP contribution in [0.1, 0.15) is 16.8 Å². The number of nitriles is 1. The maximum Gasteiger partial charge on any atom is 0.248 e.